The van der Waals surface area contributed by atoms with Crippen molar-refractivity contribution in [2.75, 3.05) is 0 Å². The fourth-order valence-electron chi connectivity index (χ4n) is 3.57. The van der Waals surface area contributed by atoms with Gasteiger partial charge in [0.15, 0.2) is 0 Å². The standard InChI is InChI=1S/C17H19N3/c1-12-8-14-6-7-16(10-15(14)9-12)20-17(11-18-19-20)13-4-2-3-5-13/h6-7,9-11,13H,2-5,8H2,1H3. The van der Waals surface area contributed by atoms with E-state index < -0.39 is 0 Å². The highest BCUT2D eigenvalue weighted by molar-refractivity contribution is 5.65. The first-order valence-electron chi connectivity index (χ1n) is 7.52. The van der Waals surface area contributed by atoms with E-state index in [0.29, 0.717) is 5.92 Å². The summed E-state index contributed by atoms with van der Waals surface area (Å²) < 4.78 is 2.04. The summed E-state index contributed by atoms with van der Waals surface area (Å²) in [7, 11) is 0. The van der Waals surface area contributed by atoms with Crippen LogP contribution < -0.4 is 0 Å². The number of allylic oxidation sites excluding steroid dienone is 1. The lowest BCUT2D eigenvalue weighted by atomic mass is 10.0. The Kier molecular flexibility index (Phi) is 2.72. The molecule has 3 nitrogen and oxygen atoms in total. The Morgan fingerprint density at radius 3 is 2.90 bits per heavy atom. The SMILES string of the molecule is CC1=Cc2cc(-n3nncc3C3CCCC3)ccc2C1. The molecule has 1 fully saturated rings. The molecule has 0 bridgehead atoms. The van der Waals surface area contributed by atoms with Gasteiger partial charge in [0, 0.05) is 5.92 Å². The van der Waals surface area contributed by atoms with E-state index in [9.17, 15) is 0 Å². The van der Waals surface area contributed by atoms with Gasteiger partial charge in [-0.15, -0.1) is 5.10 Å². The van der Waals surface area contributed by atoms with Gasteiger partial charge in [-0.25, -0.2) is 4.68 Å². The Hall–Kier alpha value is -1.90. The summed E-state index contributed by atoms with van der Waals surface area (Å²) in [6.45, 7) is 2.19. The van der Waals surface area contributed by atoms with Crippen LogP contribution in [0.3, 0.4) is 0 Å². The van der Waals surface area contributed by atoms with Gasteiger partial charge in [0.2, 0.25) is 0 Å². The zero-order chi connectivity index (χ0) is 13.5. The number of fused-ring (bicyclic) bond motifs is 1. The van der Waals surface area contributed by atoms with E-state index in [2.05, 4.69) is 41.5 Å². The van der Waals surface area contributed by atoms with Crippen LogP contribution in [0.5, 0.6) is 0 Å². The van der Waals surface area contributed by atoms with Gasteiger partial charge in [0.05, 0.1) is 17.6 Å². The molecule has 0 spiro atoms. The molecular weight excluding hydrogens is 246 g/mol. The lowest BCUT2D eigenvalue weighted by Crippen LogP contribution is -2.06. The highest BCUT2D eigenvalue weighted by Crippen LogP contribution is 2.35. The minimum atomic E-state index is 0.635. The lowest BCUT2D eigenvalue weighted by Gasteiger charge is -2.12. The molecule has 2 aromatic rings. The monoisotopic (exact) mass is 265 g/mol. The summed E-state index contributed by atoms with van der Waals surface area (Å²) in [5, 5.41) is 8.47. The molecule has 20 heavy (non-hydrogen) atoms. The number of rotatable bonds is 2. The fourth-order valence-corrected chi connectivity index (χ4v) is 3.57. The molecule has 2 aliphatic carbocycles. The smallest absolute Gasteiger partial charge is 0.0732 e. The van der Waals surface area contributed by atoms with Crippen molar-refractivity contribution in [2.45, 2.75) is 44.9 Å². The van der Waals surface area contributed by atoms with E-state index in [4.69, 9.17) is 0 Å². The van der Waals surface area contributed by atoms with Crippen LogP contribution in [0.2, 0.25) is 0 Å². The van der Waals surface area contributed by atoms with E-state index in [1.165, 1.54) is 48.1 Å². The van der Waals surface area contributed by atoms with Crippen molar-refractivity contribution >= 4 is 6.08 Å². The maximum absolute atomic E-state index is 4.32. The van der Waals surface area contributed by atoms with Gasteiger partial charge in [-0.2, -0.15) is 0 Å². The molecule has 0 amide bonds. The average molecular weight is 265 g/mol. The van der Waals surface area contributed by atoms with Crippen molar-refractivity contribution in [1.29, 1.82) is 0 Å². The third-order valence-electron chi connectivity index (χ3n) is 4.59. The summed E-state index contributed by atoms with van der Waals surface area (Å²) in [4.78, 5) is 0. The summed E-state index contributed by atoms with van der Waals surface area (Å²) >= 11 is 0. The Balaban J connectivity index is 1.75. The molecule has 0 atom stereocenters. The van der Waals surface area contributed by atoms with Crippen LogP contribution in [0, 0.1) is 0 Å². The molecule has 1 heterocycles. The summed E-state index contributed by atoms with van der Waals surface area (Å²) in [6, 6.07) is 6.66. The Labute approximate surface area is 119 Å². The second kappa shape index (κ2) is 4.58. The Morgan fingerprint density at radius 2 is 2.05 bits per heavy atom. The van der Waals surface area contributed by atoms with Crippen molar-refractivity contribution in [2.24, 2.45) is 0 Å². The lowest BCUT2D eigenvalue weighted by molar-refractivity contribution is 0.649. The quantitative estimate of drug-likeness (QED) is 0.825. The van der Waals surface area contributed by atoms with Crippen molar-refractivity contribution in [3.8, 4) is 5.69 Å². The normalized spacial score (nSPS) is 18.4. The van der Waals surface area contributed by atoms with Crippen LogP contribution in [0.4, 0.5) is 0 Å². The molecule has 1 aromatic heterocycles. The number of nitrogens with zero attached hydrogens (tertiary/aromatic N) is 3. The number of hydrogen-bond acceptors (Lipinski definition) is 2. The zero-order valence-electron chi connectivity index (χ0n) is 11.8. The summed E-state index contributed by atoms with van der Waals surface area (Å²) in [5.41, 5.74) is 6.63. The topological polar surface area (TPSA) is 30.7 Å². The minimum Gasteiger partial charge on any atom is -0.217 e. The molecule has 4 rings (SSSR count). The molecule has 1 aromatic carbocycles. The van der Waals surface area contributed by atoms with Gasteiger partial charge in [-0.05, 0) is 49.4 Å². The molecule has 0 aliphatic heterocycles. The predicted molar refractivity (Wildman–Crippen MR) is 79.9 cm³/mol. The highest BCUT2D eigenvalue weighted by atomic mass is 15.4. The molecule has 0 radical (unpaired) electrons. The average Bonchev–Trinajstić information content (AvgIpc) is 3.16. The molecule has 0 N–H and O–H groups in total. The highest BCUT2D eigenvalue weighted by Gasteiger charge is 2.22. The zero-order valence-corrected chi connectivity index (χ0v) is 11.8. The Morgan fingerprint density at radius 1 is 1.20 bits per heavy atom. The van der Waals surface area contributed by atoms with Gasteiger partial charge in [-0.3, -0.25) is 0 Å². The first-order chi connectivity index (χ1) is 9.81. The van der Waals surface area contributed by atoms with Gasteiger partial charge in [0.1, 0.15) is 0 Å². The third kappa shape index (κ3) is 1.89. The third-order valence-corrected chi connectivity index (χ3v) is 4.59. The van der Waals surface area contributed by atoms with Crippen LogP contribution in [0.1, 0.15) is 55.3 Å². The molecule has 0 saturated heterocycles. The van der Waals surface area contributed by atoms with E-state index in [1.54, 1.807) is 0 Å². The number of hydrogen-bond donors (Lipinski definition) is 0. The van der Waals surface area contributed by atoms with Crippen LogP contribution in [-0.4, -0.2) is 15.0 Å². The first-order valence-corrected chi connectivity index (χ1v) is 7.52. The van der Waals surface area contributed by atoms with Crippen LogP contribution >= 0.6 is 0 Å². The van der Waals surface area contributed by atoms with Crippen LogP contribution in [0.25, 0.3) is 11.8 Å². The number of aromatic nitrogens is 3. The van der Waals surface area contributed by atoms with Crippen molar-refractivity contribution < 1.29 is 0 Å². The maximum atomic E-state index is 4.32. The first kappa shape index (κ1) is 11.9. The minimum absolute atomic E-state index is 0.635. The van der Waals surface area contributed by atoms with Crippen molar-refractivity contribution in [3.63, 3.8) is 0 Å². The Bertz CT molecular complexity index is 675. The molecule has 2 aliphatic rings. The maximum Gasteiger partial charge on any atom is 0.0732 e. The van der Waals surface area contributed by atoms with Crippen molar-refractivity contribution in [3.05, 3.63) is 46.8 Å². The van der Waals surface area contributed by atoms with Gasteiger partial charge < -0.3 is 0 Å². The van der Waals surface area contributed by atoms with Crippen molar-refractivity contribution in [1.82, 2.24) is 15.0 Å². The molecule has 1 saturated carbocycles. The summed E-state index contributed by atoms with van der Waals surface area (Å²) in [5.74, 6) is 0.635. The molecular formula is C17H19N3. The predicted octanol–water partition coefficient (Wildman–Crippen LogP) is 3.88. The van der Waals surface area contributed by atoms with E-state index in [1.807, 2.05) is 10.9 Å². The second-order valence-electron chi connectivity index (χ2n) is 6.10. The van der Waals surface area contributed by atoms with Crippen LogP contribution in [-0.2, 0) is 6.42 Å². The van der Waals surface area contributed by atoms with E-state index in [0.717, 1.165) is 12.1 Å². The fraction of sp³-hybridized carbons (Fsp3) is 0.412. The molecule has 0 unspecified atom stereocenters. The van der Waals surface area contributed by atoms with Gasteiger partial charge in [0.25, 0.3) is 0 Å². The van der Waals surface area contributed by atoms with Crippen LogP contribution in [0.15, 0.2) is 30.0 Å². The molecule has 3 heteroatoms. The second-order valence-corrected chi connectivity index (χ2v) is 6.10. The van der Waals surface area contributed by atoms with Gasteiger partial charge in [-0.1, -0.05) is 35.8 Å². The number of benzene rings is 1. The summed E-state index contributed by atoms with van der Waals surface area (Å²) in [6.07, 6.45) is 10.5. The van der Waals surface area contributed by atoms with Gasteiger partial charge >= 0.3 is 0 Å². The largest absolute Gasteiger partial charge is 0.217 e. The van der Waals surface area contributed by atoms with E-state index >= 15 is 0 Å². The molecule has 102 valence electrons. The van der Waals surface area contributed by atoms with E-state index in [-0.39, 0.29) is 0 Å².